The minimum absolute atomic E-state index is 0.305. The molecule has 12 heavy (non-hydrogen) atoms. The summed E-state index contributed by atoms with van der Waals surface area (Å²) in [4.78, 5) is 0. The van der Waals surface area contributed by atoms with Crippen molar-refractivity contribution in [3.63, 3.8) is 0 Å². The molecule has 0 saturated heterocycles. The standard InChI is InChI=1S/C9H19NOS/c1-7(2)12(11)6-9(10-3)8-4-5-8/h7-10H,4-6H2,1-3H3. The molecule has 1 fully saturated rings. The summed E-state index contributed by atoms with van der Waals surface area (Å²) in [6.07, 6.45) is 2.64. The lowest BCUT2D eigenvalue weighted by molar-refractivity contribution is 0.545. The van der Waals surface area contributed by atoms with E-state index in [9.17, 15) is 4.21 Å². The van der Waals surface area contributed by atoms with Crippen molar-refractivity contribution in [2.45, 2.75) is 38.0 Å². The molecule has 1 saturated carbocycles. The molecule has 0 spiro atoms. The highest BCUT2D eigenvalue weighted by atomic mass is 32.2. The van der Waals surface area contributed by atoms with Crippen molar-refractivity contribution in [1.82, 2.24) is 5.32 Å². The second-order valence-corrected chi connectivity index (χ2v) is 5.87. The molecule has 0 aliphatic heterocycles. The minimum atomic E-state index is -0.645. The SMILES string of the molecule is CNC(CS(=O)C(C)C)C1CC1. The molecule has 72 valence electrons. The molecule has 0 aromatic heterocycles. The number of hydrogen-bond donors (Lipinski definition) is 1. The summed E-state index contributed by atoms with van der Waals surface area (Å²) in [6, 6.07) is 0.494. The van der Waals surface area contributed by atoms with E-state index < -0.39 is 10.8 Å². The second kappa shape index (κ2) is 4.38. The Morgan fingerprint density at radius 1 is 1.50 bits per heavy atom. The van der Waals surface area contributed by atoms with E-state index in [4.69, 9.17) is 0 Å². The predicted octanol–water partition coefficient (Wildman–Crippen LogP) is 1.14. The normalized spacial score (nSPS) is 22.7. The van der Waals surface area contributed by atoms with Crippen molar-refractivity contribution in [2.75, 3.05) is 12.8 Å². The summed E-state index contributed by atoms with van der Waals surface area (Å²) in [6.45, 7) is 4.05. The van der Waals surface area contributed by atoms with Crippen LogP contribution in [-0.4, -0.2) is 28.3 Å². The highest BCUT2D eigenvalue weighted by Gasteiger charge is 2.31. The van der Waals surface area contributed by atoms with Gasteiger partial charge in [0.15, 0.2) is 0 Å². The number of nitrogens with one attached hydrogen (secondary N) is 1. The van der Waals surface area contributed by atoms with E-state index in [2.05, 4.69) is 5.32 Å². The lowest BCUT2D eigenvalue weighted by Gasteiger charge is -2.15. The second-order valence-electron chi connectivity index (χ2n) is 3.83. The molecule has 0 aromatic carbocycles. The molecule has 0 heterocycles. The van der Waals surface area contributed by atoms with Gasteiger partial charge in [-0.3, -0.25) is 4.21 Å². The van der Waals surface area contributed by atoms with Crippen molar-refractivity contribution >= 4 is 10.8 Å². The largest absolute Gasteiger partial charge is 0.316 e. The van der Waals surface area contributed by atoms with Gasteiger partial charge in [-0.15, -0.1) is 0 Å². The van der Waals surface area contributed by atoms with Gasteiger partial charge in [0.05, 0.1) is 0 Å². The zero-order valence-electron chi connectivity index (χ0n) is 8.17. The van der Waals surface area contributed by atoms with Gasteiger partial charge in [-0.05, 0) is 25.8 Å². The molecule has 0 amide bonds. The quantitative estimate of drug-likeness (QED) is 0.703. The lowest BCUT2D eigenvalue weighted by Crippen LogP contribution is -2.34. The van der Waals surface area contributed by atoms with Crippen LogP contribution in [0.3, 0.4) is 0 Å². The van der Waals surface area contributed by atoms with Crippen molar-refractivity contribution < 1.29 is 4.21 Å². The van der Waals surface area contributed by atoms with E-state index in [0.717, 1.165) is 11.7 Å². The van der Waals surface area contributed by atoms with Gasteiger partial charge in [0.25, 0.3) is 0 Å². The van der Waals surface area contributed by atoms with E-state index in [1.807, 2.05) is 20.9 Å². The van der Waals surface area contributed by atoms with Gasteiger partial charge in [-0.1, -0.05) is 13.8 Å². The Balaban J connectivity index is 2.31. The summed E-state index contributed by atoms with van der Waals surface area (Å²) in [7, 11) is 1.33. The van der Waals surface area contributed by atoms with Crippen LogP contribution in [0.4, 0.5) is 0 Å². The molecule has 0 aromatic rings. The van der Waals surface area contributed by atoms with Crippen molar-refractivity contribution in [2.24, 2.45) is 5.92 Å². The van der Waals surface area contributed by atoms with Crippen LogP contribution in [0.15, 0.2) is 0 Å². The summed E-state index contributed by atoms with van der Waals surface area (Å²) >= 11 is 0. The van der Waals surface area contributed by atoms with Crippen LogP contribution >= 0.6 is 0 Å². The van der Waals surface area contributed by atoms with Crippen LogP contribution in [0.5, 0.6) is 0 Å². The summed E-state index contributed by atoms with van der Waals surface area (Å²) in [5.41, 5.74) is 0. The highest BCUT2D eigenvalue weighted by molar-refractivity contribution is 7.85. The Kier molecular flexibility index (Phi) is 3.72. The Labute approximate surface area is 77.6 Å². The first kappa shape index (κ1) is 10.2. The fourth-order valence-corrected chi connectivity index (χ4v) is 2.50. The van der Waals surface area contributed by atoms with Crippen LogP contribution in [0.1, 0.15) is 26.7 Å². The third kappa shape index (κ3) is 2.87. The topological polar surface area (TPSA) is 29.1 Å². The summed E-state index contributed by atoms with van der Waals surface area (Å²) < 4.78 is 11.5. The minimum Gasteiger partial charge on any atom is -0.316 e. The first-order chi connectivity index (χ1) is 5.65. The summed E-state index contributed by atoms with van der Waals surface area (Å²) in [5.74, 6) is 1.64. The summed E-state index contributed by atoms with van der Waals surface area (Å²) in [5, 5.41) is 3.56. The van der Waals surface area contributed by atoms with E-state index in [-0.39, 0.29) is 0 Å². The van der Waals surface area contributed by atoms with Crippen molar-refractivity contribution in [3.8, 4) is 0 Å². The first-order valence-corrected chi connectivity index (χ1v) is 6.07. The van der Waals surface area contributed by atoms with E-state index in [0.29, 0.717) is 11.3 Å². The maximum atomic E-state index is 11.5. The predicted molar refractivity (Wildman–Crippen MR) is 53.7 cm³/mol. The Hall–Kier alpha value is 0.110. The van der Waals surface area contributed by atoms with Crippen LogP contribution in [-0.2, 0) is 10.8 Å². The van der Waals surface area contributed by atoms with Gasteiger partial charge in [0.1, 0.15) is 0 Å². The zero-order chi connectivity index (χ0) is 9.14. The molecule has 1 N–H and O–H groups in total. The van der Waals surface area contributed by atoms with Crippen molar-refractivity contribution in [3.05, 3.63) is 0 Å². The van der Waals surface area contributed by atoms with E-state index in [1.54, 1.807) is 0 Å². The van der Waals surface area contributed by atoms with Gasteiger partial charge in [-0.25, -0.2) is 0 Å². The Bertz CT molecular complexity index is 166. The fraction of sp³-hybridized carbons (Fsp3) is 1.00. The molecule has 1 rings (SSSR count). The molecule has 0 bridgehead atoms. The number of rotatable bonds is 5. The maximum Gasteiger partial charge on any atom is 0.0394 e. The van der Waals surface area contributed by atoms with Crippen LogP contribution in [0.2, 0.25) is 0 Å². The average Bonchev–Trinajstić information content (AvgIpc) is 2.82. The molecule has 1 aliphatic carbocycles. The molecule has 2 unspecified atom stereocenters. The molecule has 2 nitrogen and oxygen atoms in total. The van der Waals surface area contributed by atoms with Gasteiger partial charge >= 0.3 is 0 Å². The zero-order valence-corrected chi connectivity index (χ0v) is 8.99. The van der Waals surface area contributed by atoms with E-state index in [1.165, 1.54) is 12.8 Å². The van der Waals surface area contributed by atoms with Gasteiger partial charge in [0.2, 0.25) is 0 Å². The van der Waals surface area contributed by atoms with Crippen LogP contribution in [0, 0.1) is 5.92 Å². The van der Waals surface area contributed by atoms with Gasteiger partial charge in [0, 0.05) is 27.8 Å². The number of hydrogen-bond acceptors (Lipinski definition) is 2. The molecular weight excluding hydrogens is 170 g/mol. The maximum absolute atomic E-state index is 11.5. The van der Waals surface area contributed by atoms with Crippen LogP contribution in [0.25, 0.3) is 0 Å². The smallest absolute Gasteiger partial charge is 0.0394 e. The van der Waals surface area contributed by atoms with Crippen LogP contribution < -0.4 is 5.32 Å². The Morgan fingerprint density at radius 2 is 2.08 bits per heavy atom. The Morgan fingerprint density at radius 3 is 2.42 bits per heavy atom. The van der Waals surface area contributed by atoms with Gasteiger partial charge in [-0.2, -0.15) is 0 Å². The van der Waals surface area contributed by atoms with E-state index >= 15 is 0 Å². The molecule has 0 radical (unpaired) electrons. The molecular formula is C9H19NOS. The molecule has 2 atom stereocenters. The monoisotopic (exact) mass is 189 g/mol. The third-order valence-electron chi connectivity index (χ3n) is 2.43. The van der Waals surface area contributed by atoms with Crippen molar-refractivity contribution in [1.29, 1.82) is 0 Å². The fourth-order valence-electron chi connectivity index (χ4n) is 1.32. The first-order valence-electron chi connectivity index (χ1n) is 4.69. The molecule has 3 heteroatoms. The highest BCUT2D eigenvalue weighted by Crippen LogP contribution is 2.32. The average molecular weight is 189 g/mol. The lowest BCUT2D eigenvalue weighted by atomic mass is 10.2. The van der Waals surface area contributed by atoms with Gasteiger partial charge < -0.3 is 5.32 Å². The third-order valence-corrected chi connectivity index (χ3v) is 4.17. The molecule has 1 aliphatic rings.